The van der Waals surface area contributed by atoms with Crippen molar-refractivity contribution in [3.8, 4) is 0 Å². The molecule has 0 amide bonds. The standard InChI is InChI=1S/C12H24BrNO2S/c1-10(2)8-11(13)9-14-17(15,16)12-6-4-3-5-7-12/h10-12,14H,3-9H2,1-2H3. The van der Waals surface area contributed by atoms with Crippen LogP contribution in [-0.4, -0.2) is 25.0 Å². The molecule has 0 radical (unpaired) electrons. The number of halogens is 1. The number of alkyl halides is 1. The van der Waals surface area contributed by atoms with E-state index in [1.54, 1.807) is 0 Å². The highest BCUT2D eigenvalue weighted by Crippen LogP contribution is 2.23. The summed E-state index contributed by atoms with van der Waals surface area (Å²) in [5.41, 5.74) is 0. The zero-order valence-electron chi connectivity index (χ0n) is 10.8. The van der Waals surface area contributed by atoms with E-state index in [9.17, 15) is 8.42 Å². The first-order valence-corrected chi connectivity index (χ1v) is 9.00. The molecular weight excluding hydrogens is 302 g/mol. The minimum absolute atomic E-state index is 0.157. The summed E-state index contributed by atoms with van der Waals surface area (Å²) in [7, 11) is -3.09. The van der Waals surface area contributed by atoms with Crippen LogP contribution < -0.4 is 4.72 Å². The Bertz CT molecular complexity index is 310. The first-order chi connectivity index (χ1) is 7.92. The number of hydrogen-bond donors (Lipinski definition) is 1. The molecule has 1 atom stereocenters. The van der Waals surface area contributed by atoms with Crippen LogP contribution in [0.15, 0.2) is 0 Å². The maximum absolute atomic E-state index is 12.0. The van der Waals surface area contributed by atoms with Crippen molar-refractivity contribution in [3.63, 3.8) is 0 Å². The molecular formula is C12H24BrNO2S. The van der Waals surface area contributed by atoms with Gasteiger partial charge in [0.15, 0.2) is 0 Å². The molecule has 1 saturated carbocycles. The van der Waals surface area contributed by atoms with Crippen LogP contribution in [0.5, 0.6) is 0 Å². The maximum Gasteiger partial charge on any atom is 0.214 e. The summed E-state index contributed by atoms with van der Waals surface area (Å²) < 4.78 is 26.8. The molecule has 0 aromatic heterocycles. The normalized spacial score (nSPS) is 20.7. The molecule has 1 N–H and O–H groups in total. The van der Waals surface area contributed by atoms with Crippen LogP contribution in [0.1, 0.15) is 52.4 Å². The molecule has 1 fully saturated rings. The van der Waals surface area contributed by atoms with Crippen LogP contribution in [0.4, 0.5) is 0 Å². The van der Waals surface area contributed by atoms with Gasteiger partial charge in [0.05, 0.1) is 5.25 Å². The van der Waals surface area contributed by atoms with Gasteiger partial charge in [-0.1, -0.05) is 49.0 Å². The second-order valence-electron chi connectivity index (χ2n) is 5.38. The van der Waals surface area contributed by atoms with Crippen LogP contribution in [-0.2, 0) is 10.0 Å². The van der Waals surface area contributed by atoms with E-state index in [-0.39, 0.29) is 10.1 Å². The minimum Gasteiger partial charge on any atom is -0.214 e. The molecule has 102 valence electrons. The van der Waals surface area contributed by atoms with E-state index in [2.05, 4.69) is 34.5 Å². The van der Waals surface area contributed by atoms with E-state index in [0.717, 1.165) is 32.1 Å². The summed E-state index contributed by atoms with van der Waals surface area (Å²) in [6.07, 6.45) is 5.93. The zero-order chi connectivity index (χ0) is 12.9. The largest absolute Gasteiger partial charge is 0.214 e. The molecule has 17 heavy (non-hydrogen) atoms. The smallest absolute Gasteiger partial charge is 0.214 e. The lowest BCUT2D eigenvalue weighted by Gasteiger charge is -2.23. The quantitative estimate of drug-likeness (QED) is 0.763. The van der Waals surface area contributed by atoms with Gasteiger partial charge in [-0.15, -0.1) is 0 Å². The highest BCUT2D eigenvalue weighted by Gasteiger charge is 2.27. The van der Waals surface area contributed by atoms with Crippen molar-refractivity contribution in [1.82, 2.24) is 4.72 Å². The van der Waals surface area contributed by atoms with Crippen molar-refractivity contribution in [2.45, 2.75) is 62.4 Å². The number of rotatable bonds is 6. The molecule has 1 aliphatic rings. The fourth-order valence-electron chi connectivity index (χ4n) is 2.29. The summed E-state index contributed by atoms with van der Waals surface area (Å²) in [6, 6.07) is 0. The van der Waals surface area contributed by atoms with Crippen LogP contribution in [0.3, 0.4) is 0 Å². The van der Waals surface area contributed by atoms with E-state index in [0.29, 0.717) is 12.5 Å². The summed E-state index contributed by atoms with van der Waals surface area (Å²) in [4.78, 5) is 0.237. The Hall–Kier alpha value is 0.390. The van der Waals surface area contributed by atoms with Gasteiger partial charge in [-0.25, -0.2) is 13.1 Å². The third-order valence-electron chi connectivity index (χ3n) is 3.22. The molecule has 1 rings (SSSR count). The van der Waals surface area contributed by atoms with Crippen LogP contribution >= 0.6 is 15.9 Å². The Labute approximate surface area is 114 Å². The second-order valence-corrected chi connectivity index (χ2v) is 8.72. The lowest BCUT2D eigenvalue weighted by Crippen LogP contribution is -2.38. The van der Waals surface area contributed by atoms with Gasteiger partial charge in [-0.3, -0.25) is 0 Å². The van der Waals surface area contributed by atoms with Gasteiger partial charge in [0.2, 0.25) is 10.0 Å². The van der Waals surface area contributed by atoms with Gasteiger partial charge in [0.25, 0.3) is 0 Å². The molecule has 5 heteroatoms. The first kappa shape index (κ1) is 15.4. The molecule has 0 saturated heterocycles. The van der Waals surface area contributed by atoms with Gasteiger partial charge in [-0.05, 0) is 25.2 Å². The molecule has 0 heterocycles. The lowest BCUT2D eigenvalue weighted by molar-refractivity contribution is 0.475. The van der Waals surface area contributed by atoms with Crippen molar-refractivity contribution < 1.29 is 8.42 Å². The van der Waals surface area contributed by atoms with Crippen molar-refractivity contribution in [2.75, 3.05) is 6.54 Å². The van der Waals surface area contributed by atoms with Crippen LogP contribution in [0.2, 0.25) is 0 Å². The predicted molar refractivity (Wildman–Crippen MR) is 76.0 cm³/mol. The molecule has 3 nitrogen and oxygen atoms in total. The van der Waals surface area contributed by atoms with E-state index < -0.39 is 10.0 Å². The summed E-state index contributed by atoms with van der Waals surface area (Å²) in [6.45, 7) is 4.80. The topological polar surface area (TPSA) is 46.2 Å². The van der Waals surface area contributed by atoms with Crippen molar-refractivity contribution in [2.24, 2.45) is 5.92 Å². The van der Waals surface area contributed by atoms with Crippen molar-refractivity contribution >= 4 is 26.0 Å². The highest BCUT2D eigenvalue weighted by molar-refractivity contribution is 9.09. The van der Waals surface area contributed by atoms with Gasteiger partial charge in [0.1, 0.15) is 0 Å². The van der Waals surface area contributed by atoms with Crippen molar-refractivity contribution in [3.05, 3.63) is 0 Å². The molecule has 0 aromatic carbocycles. The average molecular weight is 326 g/mol. The zero-order valence-corrected chi connectivity index (χ0v) is 13.2. The Kier molecular flexibility index (Phi) is 6.45. The van der Waals surface area contributed by atoms with Gasteiger partial charge < -0.3 is 0 Å². The second kappa shape index (κ2) is 7.10. The molecule has 1 unspecified atom stereocenters. The van der Waals surface area contributed by atoms with E-state index >= 15 is 0 Å². The molecule has 0 aliphatic heterocycles. The first-order valence-electron chi connectivity index (χ1n) is 6.54. The summed E-state index contributed by atoms with van der Waals surface area (Å²) in [5.74, 6) is 0.582. The van der Waals surface area contributed by atoms with Crippen LogP contribution in [0.25, 0.3) is 0 Å². The molecule has 0 aromatic rings. The number of hydrogen-bond acceptors (Lipinski definition) is 2. The molecule has 0 spiro atoms. The van der Waals surface area contributed by atoms with Gasteiger partial charge >= 0.3 is 0 Å². The average Bonchev–Trinajstić information content (AvgIpc) is 2.27. The fourth-order valence-corrected chi connectivity index (χ4v) is 5.04. The predicted octanol–water partition coefficient (Wildman–Crippen LogP) is 3.05. The number of nitrogens with one attached hydrogen (secondary N) is 1. The third-order valence-corrected chi connectivity index (χ3v) is 5.84. The van der Waals surface area contributed by atoms with E-state index in [1.165, 1.54) is 6.42 Å². The van der Waals surface area contributed by atoms with Crippen molar-refractivity contribution in [1.29, 1.82) is 0 Å². The van der Waals surface area contributed by atoms with Crippen LogP contribution in [0, 0.1) is 5.92 Å². The molecule has 1 aliphatic carbocycles. The summed E-state index contributed by atoms with van der Waals surface area (Å²) >= 11 is 3.53. The Morgan fingerprint density at radius 1 is 1.24 bits per heavy atom. The SMILES string of the molecule is CC(C)CC(Br)CNS(=O)(=O)C1CCCCC1. The minimum atomic E-state index is -3.09. The highest BCUT2D eigenvalue weighted by atomic mass is 79.9. The maximum atomic E-state index is 12.0. The monoisotopic (exact) mass is 325 g/mol. The van der Waals surface area contributed by atoms with E-state index in [1.807, 2.05) is 0 Å². The Balaban J connectivity index is 2.38. The number of sulfonamides is 1. The third kappa shape index (κ3) is 5.71. The Morgan fingerprint density at radius 2 is 1.82 bits per heavy atom. The fraction of sp³-hybridized carbons (Fsp3) is 1.00. The lowest BCUT2D eigenvalue weighted by atomic mass is 10.0. The van der Waals surface area contributed by atoms with Gasteiger partial charge in [-0.2, -0.15) is 0 Å². The van der Waals surface area contributed by atoms with Gasteiger partial charge in [0, 0.05) is 11.4 Å². The Morgan fingerprint density at radius 3 is 2.35 bits per heavy atom. The molecule has 0 bridgehead atoms. The summed E-state index contributed by atoms with van der Waals surface area (Å²) in [5, 5.41) is -0.157. The van der Waals surface area contributed by atoms with E-state index in [4.69, 9.17) is 0 Å².